The quantitative estimate of drug-likeness (QED) is 0.500. The van der Waals surface area contributed by atoms with Crippen LogP contribution in [-0.2, 0) is 9.53 Å². The van der Waals surface area contributed by atoms with E-state index in [4.69, 9.17) is 4.74 Å². The molecule has 5 aliphatic rings. The normalized spacial score (nSPS) is 45.2. The monoisotopic (exact) mass is 454 g/mol. The summed E-state index contributed by atoms with van der Waals surface area (Å²) in [7, 11) is 0. The summed E-state index contributed by atoms with van der Waals surface area (Å²) in [5.41, 5.74) is 5.41. The lowest BCUT2D eigenvalue weighted by molar-refractivity contribution is -0.147. The first-order valence-electron chi connectivity index (χ1n) is 13.5. The van der Waals surface area contributed by atoms with Crippen molar-refractivity contribution in [2.45, 2.75) is 98.3 Å². The van der Waals surface area contributed by atoms with Crippen LogP contribution in [0.25, 0.3) is 0 Å². The number of ketones is 1. The first-order valence-corrected chi connectivity index (χ1v) is 13.5. The number of carbonyl (C=O) groups is 2. The fraction of sp³-hybridized carbons (Fsp3) is 0.821. The summed E-state index contributed by atoms with van der Waals surface area (Å²) < 4.78 is 4.94. The van der Waals surface area contributed by atoms with E-state index in [0.29, 0.717) is 30.1 Å². The van der Waals surface area contributed by atoms with E-state index < -0.39 is 6.09 Å². The number of hydrazone groups is 1. The molecule has 0 heterocycles. The van der Waals surface area contributed by atoms with E-state index in [2.05, 4.69) is 30.5 Å². The molecule has 7 atom stereocenters. The number of ether oxygens (including phenoxy) is 1. The summed E-state index contributed by atoms with van der Waals surface area (Å²) in [6, 6.07) is 0. The van der Waals surface area contributed by atoms with Gasteiger partial charge in [-0.1, -0.05) is 32.3 Å². The predicted molar refractivity (Wildman–Crippen MR) is 130 cm³/mol. The first-order chi connectivity index (χ1) is 15.8. The molecule has 0 aromatic heterocycles. The van der Waals surface area contributed by atoms with Crippen LogP contribution in [0.2, 0.25) is 0 Å². The van der Waals surface area contributed by atoms with Crippen LogP contribution in [-0.4, -0.2) is 24.2 Å². The number of nitrogens with zero attached hydrogens (tertiary/aromatic N) is 1. The van der Waals surface area contributed by atoms with Crippen molar-refractivity contribution < 1.29 is 14.3 Å². The molecule has 182 valence electrons. The van der Waals surface area contributed by atoms with Crippen molar-refractivity contribution in [2.24, 2.45) is 45.0 Å². The fourth-order valence-corrected chi connectivity index (χ4v) is 9.74. The van der Waals surface area contributed by atoms with Crippen molar-refractivity contribution >= 4 is 17.6 Å². The fourth-order valence-electron chi connectivity index (χ4n) is 9.74. The summed E-state index contributed by atoms with van der Waals surface area (Å²) in [6.45, 7) is 9.07. The Hall–Kier alpha value is -1.65. The number of allylic oxidation sites excluding steroid dienone is 2. The van der Waals surface area contributed by atoms with E-state index in [1.165, 1.54) is 50.5 Å². The van der Waals surface area contributed by atoms with Crippen LogP contribution in [0.3, 0.4) is 0 Å². The van der Waals surface area contributed by atoms with Crippen molar-refractivity contribution in [1.29, 1.82) is 0 Å². The third kappa shape index (κ3) is 3.27. The molecule has 0 aliphatic heterocycles. The van der Waals surface area contributed by atoms with Crippen molar-refractivity contribution in [2.75, 3.05) is 6.61 Å². The molecule has 1 N–H and O–H groups in total. The minimum atomic E-state index is -0.478. The Labute approximate surface area is 199 Å². The molecule has 0 spiro atoms. The Balaban J connectivity index is 1.40. The molecule has 4 saturated carbocycles. The third-order valence-electron chi connectivity index (χ3n) is 11.2. The van der Waals surface area contributed by atoms with Gasteiger partial charge in [0.2, 0.25) is 0 Å². The van der Waals surface area contributed by atoms with Crippen molar-refractivity contribution in [3.05, 3.63) is 11.6 Å². The number of Topliss-reactive ketones (excluding diaryl/α,β-unsaturated/α-hetero) is 1. The molecule has 33 heavy (non-hydrogen) atoms. The summed E-state index contributed by atoms with van der Waals surface area (Å²) >= 11 is 0. The van der Waals surface area contributed by atoms with Crippen LogP contribution in [0, 0.1) is 39.9 Å². The molecule has 4 fully saturated rings. The lowest BCUT2D eigenvalue weighted by Crippen LogP contribution is -2.55. The van der Waals surface area contributed by atoms with Gasteiger partial charge in [0.05, 0.1) is 12.3 Å². The zero-order chi connectivity index (χ0) is 23.4. The number of hydrogen-bond acceptors (Lipinski definition) is 4. The molecule has 5 nitrogen and oxygen atoms in total. The van der Waals surface area contributed by atoms with E-state index in [1.54, 1.807) is 6.92 Å². The molecular formula is C28H42N2O3. The standard InChI is InChI=1S/C28H42N2O3/c1-5-33-25(32)30-29-21-11-14-26(3)19(16-21)9-10-22-23(26)12-15-27(4)24(22)17-20-8-6-7-13-28(20,27)18(2)31/h16,20,22-24H,5-15,17H2,1-4H3,(H,30,32)/b29-21-/t20-,22-,23+,24+,26+,27+,28+/m1/s1. The van der Waals surface area contributed by atoms with Gasteiger partial charge < -0.3 is 4.74 Å². The van der Waals surface area contributed by atoms with Crippen molar-refractivity contribution in [1.82, 2.24) is 5.43 Å². The van der Waals surface area contributed by atoms with Gasteiger partial charge in [-0.05, 0) is 112 Å². The molecule has 5 aliphatic carbocycles. The number of carbonyl (C=O) groups excluding carboxylic acids is 2. The molecule has 0 unspecified atom stereocenters. The Morgan fingerprint density at radius 3 is 2.67 bits per heavy atom. The molecule has 5 heteroatoms. The number of fused-ring (bicyclic) bond motifs is 7. The Bertz CT molecular complexity index is 894. The minimum Gasteiger partial charge on any atom is -0.449 e. The van der Waals surface area contributed by atoms with E-state index in [1.807, 2.05) is 6.92 Å². The van der Waals surface area contributed by atoms with Gasteiger partial charge in [-0.25, -0.2) is 10.2 Å². The highest BCUT2D eigenvalue weighted by Gasteiger charge is 2.69. The zero-order valence-electron chi connectivity index (χ0n) is 21.0. The second-order valence-electron chi connectivity index (χ2n) is 12.1. The lowest BCUT2D eigenvalue weighted by Gasteiger charge is -2.60. The van der Waals surface area contributed by atoms with Crippen LogP contribution in [0.1, 0.15) is 98.3 Å². The number of amides is 1. The van der Waals surface area contributed by atoms with Gasteiger partial charge in [0, 0.05) is 5.41 Å². The largest absolute Gasteiger partial charge is 0.449 e. The van der Waals surface area contributed by atoms with Crippen molar-refractivity contribution in [3.8, 4) is 0 Å². The van der Waals surface area contributed by atoms with Crippen LogP contribution in [0.5, 0.6) is 0 Å². The highest BCUT2D eigenvalue weighted by Crippen LogP contribution is 2.74. The molecular weight excluding hydrogens is 412 g/mol. The SMILES string of the molecule is CCOC(=O)N/N=C1\C=C2CC[C@@H]3[C@H](CC[C@@]4(C)[C@H]3C[C@H]3CCCC[C@]34C(C)=O)[C@@]2(C)CC1. The average Bonchev–Trinajstić information content (AvgIpc) is 3.08. The summed E-state index contributed by atoms with van der Waals surface area (Å²) in [5, 5.41) is 4.35. The smallest absolute Gasteiger partial charge is 0.427 e. The molecule has 0 aromatic carbocycles. The van der Waals surface area contributed by atoms with Crippen LogP contribution < -0.4 is 5.43 Å². The topological polar surface area (TPSA) is 67.8 Å². The second kappa shape index (κ2) is 8.23. The van der Waals surface area contributed by atoms with Gasteiger partial charge in [0.15, 0.2) is 0 Å². The highest BCUT2D eigenvalue weighted by molar-refractivity contribution is 5.97. The average molecular weight is 455 g/mol. The Kier molecular flexibility index (Phi) is 5.77. The highest BCUT2D eigenvalue weighted by atomic mass is 16.5. The van der Waals surface area contributed by atoms with E-state index in [-0.39, 0.29) is 16.2 Å². The van der Waals surface area contributed by atoms with Crippen LogP contribution in [0.4, 0.5) is 4.79 Å². The van der Waals surface area contributed by atoms with Crippen LogP contribution in [0.15, 0.2) is 16.8 Å². The predicted octanol–water partition coefficient (Wildman–Crippen LogP) is 6.43. The maximum absolute atomic E-state index is 13.2. The second-order valence-corrected chi connectivity index (χ2v) is 12.1. The molecule has 5 rings (SSSR count). The lowest BCUT2D eigenvalue weighted by atomic mass is 9.44. The van der Waals surface area contributed by atoms with Gasteiger partial charge in [0.1, 0.15) is 5.78 Å². The van der Waals surface area contributed by atoms with Gasteiger partial charge in [-0.15, -0.1) is 0 Å². The first kappa shape index (κ1) is 23.1. The van der Waals surface area contributed by atoms with Gasteiger partial charge in [0.25, 0.3) is 0 Å². The molecule has 0 saturated heterocycles. The van der Waals surface area contributed by atoms with E-state index >= 15 is 0 Å². The third-order valence-corrected chi connectivity index (χ3v) is 11.2. The molecule has 0 radical (unpaired) electrons. The molecule has 0 bridgehead atoms. The summed E-state index contributed by atoms with van der Waals surface area (Å²) in [4.78, 5) is 24.9. The molecule has 0 aromatic rings. The Morgan fingerprint density at radius 1 is 1.09 bits per heavy atom. The number of rotatable bonds is 3. The number of nitrogens with one attached hydrogen (secondary N) is 1. The van der Waals surface area contributed by atoms with Crippen molar-refractivity contribution in [3.63, 3.8) is 0 Å². The van der Waals surface area contributed by atoms with E-state index in [9.17, 15) is 9.59 Å². The van der Waals surface area contributed by atoms with Gasteiger partial charge in [-0.3, -0.25) is 4.79 Å². The summed E-state index contributed by atoms with van der Waals surface area (Å²) in [6.07, 6.45) is 14.8. The molecule has 1 amide bonds. The van der Waals surface area contributed by atoms with Crippen LogP contribution >= 0.6 is 0 Å². The summed E-state index contributed by atoms with van der Waals surface area (Å²) in [5.74, 6) is 3.25. The minimum absolute atomic E-state index is 0.0525. The Morgan fingerprint density at radius 2 is 1.91 bits per heavy atom. The van der Waals surface area contributed by atoms with E-state index in [0.717, 1.165) is 37.3 Å². The van der Waals surface area contributed by atoms with Gasteiger partial charge in [-0.2, -0.15) is 5.10 Å². The zero-order valence-corrected chi connectivity index (χ0v) is 21.0. The number of hydrogen-bond donors (Lipinski definition) is 1. The maximum atomic E-state index is 13.2. The van der Waals surface area contributed by atoms with Gasteiger partial charge >= 0.3 is 6.09 Å². The maximum Gasteiger partial charge on any atom is 0.427 e.